The zero-order valence-corrected chi connectivity index (χ0v) is 12.4. The minimum atomic E-state index is -0.229. The first-order valence-corrected chi connectivity index (χ1v) is 8.04. The molecule has 1 saturated heterocycles. The number of nitrogens with one attached hydrogen (secondary N) is 2. The van der Waals surface area contributed by atoms with Crippen LogP contribution in [0.2, 0.25) is 0 Å². The molecule has 19 heavy (non-hydrogen) atoms. The molecule has 1 atom stereocenters. The summed E-state index contributed by atoms with van der Waals surface area (Å²) in [5, 5.41) is 6.71. The number of hydrogen-bond donors (Lipinski definition) is 2. The SMILES string of the molecule is CC(C)(C(=O)NCC1(C2CC2)CC1)C1CCCNC1. The van der Waals surface area contributed by atoms with Crippen LogP contribution in [0, 0.1) is 22.7 Å². The van der Waals surface area contributed by atoms with E-state index in [4.69, 9.17) is 0 Å². The van der Waals surface area contributed by atoms with Crippen LogP contribution in [0.25, 0.3) is 0 Å². The average Bonchev–Trinajstić information content (AvgIpc) is 3.29. The third kappa shape index (κ3) is 2.67. The number of carbonyl (C=O) groups excluding carboxylic acids is 1. The smallest absolute Gasteiger partial charge is 0.226 e. The summed E-state index contributed by atoms with van der Waals surface area (Å²) in [5.41, 5.74) is 0.281. The Morgan fingerprint density at radius 2 is 2.05 bits per heavy atom. The summed E-state index contributed by atoms with van der Waals surface area (Å²) in [6.07, 6.45) is 7.85. The topological polar surface area (TPSA) is 41.1 Å². The standard InChI is InChI=1S/C16H28N2O/c1-15(2,13-4-3-9-17-10-13)14(19)18-11-16(7-8-16)12-5-6-12/h12-13,17H,3-11H2,1-2H3,(H,18,19). The van der Waals surface area contributed by atoms with Crippen LogP contribution in [-0.2, 0) is 4.79 Å². The number of piperidine rings is 1. The lowest BCUT2D eigenvalue weighted by molar-refractivity contribution is -0.132. The van der Waals surface area contributed by atoms with E-state index in [-0.39, 0.29) is 11.3 Å². The fourth-order valence-electron chi connectivity index (χ4n) is 3.72. The molecular formula is C16H28N2O. The van der Waals surface area contributed by atoms with Gasteiger partial charge in [-0.05, 0) is 68.9 Å². The van der Waals surface area contributed by atoms with Crippen molar-refractivity contribution in [3.8, 4) is 0 Å². The van der Waals surface area contributed by atoms with Crippen molar-refractivity contribution in [3.05, 3.63) is 0 Å². The Kier molecular flexibility index (Phi) is 3.36. The van der Waals surface area contributed by atoms with Crippen LogP contribution < -0.4 is 10.6 Å². The summed E-state index contributed by atoms with van der Waals surface area (Å²) in [6, 6.07) is 0. The maximum Gasteiger partial charge on any atom is 0.226 e. The molecule has 1 unspecified atom stereocenters. The van der Waals surface area contributed by atoms with Crippen molar-refractivity contribution >= 4 is 5.91 Å². The molecule has 3 aliphatic rings. The minimum Gasteiger partial charge on any atom is -0.355 e. The zero-order valence-electron chi connectivity index (χ0n) is 12.4. The zero-order chi connectivity index (χ0) is 13.5. The van der Waals surface area contributed by atoms with Crippen LogP contribution in [-0.4, -0.2) is 25.5 Å². The molecular weight excluding hydrogens is 236 g/mol. The highest BCUT2D eigenvalue weighted by molar-refractivity contribution is 5.82. The first-order valence-electron chi connectivity index (χ1n) is 8.04. The van der Waals surface area contributed by atoms with Crippen molar-refractivity contribution < 1.29 is 4.79 Å². The van der Waals surface area contributed by atoms with Gasteiger partial charge in [0.15, 0.2) is 0 Å². The van der Waals surface area contributed by atoms with E-state index in [2.05, 4.69) is 24.5 Å². The Morgan fingerprint density at radius 3 is 2.58 bits per heavy atom. The van der Waals surface area contributed by atoms with E-state index in [0.29, 0.717) is 11.3 Å². The Labute approximate surface area is 116 Å². The van der Waals surface area contributed by atoms with Gasteiger partial charge in [-0.2, -0.15) is 0 Å². The van der Waals surface area contributed by atoms with Crippen molar-refractivity contribution in [2.45, 2.75) is 52.4 Å². The van der Waals surface area contributed by atoms with Gasteiger partial charge >= 0.3 is 0 Å². The van der Waals surface area contributed by atoms with Crippen molar-refractivity contribution in [2.75, 3.05) is 19.6 Å². The molecule has 2 aliphatic carbocycles. The van der Waals surface area contributed by atoms with Crippen molar-refractivity contribution in [2.24, 2.45) is 22.7 Å². The lowest BCUT2D eigenvalue weighted by atomic mass is 9.74. The predicted molar refractivity (Wildman–Crippen MR) is 76.8 cm³/mol. The van der Waals surface area contributed by atoms with E-state index >= 15 is 0 Å². The lowest BCUT2D eigenvalue weighted by Gasteiger charge is -2.36. The molecule has 3 rings (SSSR count). The van der Waals surface area contributed by atoms with Crippen LogP contribution in [0.15, 0.2) is 0 Å². The van der Waals surface area contributed by atoms with Gasteiger partial charge in [-0.3, -0.25) is 4.79 Å². The maximum absolute atomic E-state index is 12.5. The lowest BCUT2D eigenvalue weighted by Crippen LogP contribution is -2.48. The van der Waals surface area contributed by atoms with Crippen molar-refractivity contribution in [1.29, 1.82) is 0 Å². The van der Waals surface area contributed by atoms with E-state index in [1.807, 2.05) is 0 Å². The van der Waals surface area contributed by atoms with Crippen LogP contribution in [0.4, 0.5) is 0 Å². The molecule has 3 heteroatoms. The van der Waals surface area contributed by atoms with Gasteiger partial charge < -0.3 is 10.6 Å². The highest BCUT2D eigenvalue weighted by atomic mass is 16.2. The third-order valence-corrected chi connectivity index (χ3v) is 5.84. The Balaban J connectivity index is 1.53. The first-order chi connectivity index (χ1) is 9.05. The third-order valence-electron chi connectivity index (χ3n) is 5.84. The monoisotopic (exact) mass is 264 g/mol. The van der Waals surface area contributed by atoms with E-state index in [1.165, 1.54) is 38.5 Å². The van der Waals surface area contributed by atoms with Crippen LogP contribution in [0.3, 0.4) is 0 Å². The molecule has 2 N–H and O–H groups in total. The van der Waals surface area contributed by atoms with Gasteiger partial charge in [0, 0.05) is 12.0 Å². The molecule has 0 spiro atoms. The largest absolute Gasteiger partial charge is 0.355 e. The predicted octanol–water partition coefficient (Wildman–Crippen LogP) is 2.32. The molecule has 0 aromatic heterocycles. The molecule has 1 aliphatic heterocycles. The molecule has 3 fully saturated rings. The molecule has 108 valence electrons. The summed E-state index contributed by atoms with van der Waals surface area (Å²) in [7, 11) is 0. The first kappa shape index (κ1) is 13.4. The van der Waals surface area contributed by atoms with Gasteiger partial charge in [0.2, 0.25) is 5.91 Å². The van der Waals surface area contributed by atoms with Gasteiger partial charge in [0.25, 0.3) is 0 Å². The summed E-state index contributed by atoms with van der Waals surface area (Å²) in [4.78, 5) is 12.5. The van der Waals surface area contributed by atoms with E-state index < -0.39 is 0 Å². The maximum atomic E-state index is 12.5. The van der Waals surface area contributed by atoms with Crippen molar-refractivity contribution in [1.82, 2.24) is 10.6 Å². The molecule has 0 bridgehead atoms. The second-order valence-corrected chi connectivity index (χ2v) is 7.58. The average molecular weight is 264 g/mol. The molecule has 3 nitrogen and oxygen atoms in total. The Morgan fingerprint density at radius 1 is 1.32 bits per heavy atom. The summed E-state index contributed by atoms with van der Waals surface area (Å²) in [5.74, 6) is 1.68. The van der Waals surface area contributed by atoms with Crippen LogP contribution in [0.1, 0.15) is 52.4 Å². The molecule has 2 saturated carbocycles. The molecule has 0 aromatic rings. The van der Waals surface area contributed by atoms with Gasteiger partial charge in [-0.15, -0.1) is 0 Å². The van der Waals surface area contributed by atoms with E-state index in [9.17, 15) is 4.79 Å². The number of rotatable bonds is 5. The number of hydrogen-bond acceptors (Lipinski definition) is 2. The minimum absolute atomic E-state index is 0.229. The summed E-state index contributed by atoms with van der Waals surface area (Å²) in [6.45, 7) is 7.28. The van der Waals surface area contributed by atoms with Crippen molar-refractivity contribution in [3.63, 3.8) is 0 Å². The number of carbonyl (C=O) groups is 1. The van der Waals surface area contributed by atoms with E-state index in [1.54, 1.807) is 0 Å². The van der Waals surface area contributed by atoms with Crippen LogP contribution in [0.5, 0.6) is 0 Å². The van der Waals surface area contributed by atoms with Gasteiger partial charge in [-0.25, -0.2) is 0 Å². The molecule has 0 aromatic carbocycles. The highest BCUT2D eigenvalue weighted by Crippen LogP contribution is 2.60. The summed E-state index contributed by atoms with van der Waals surface area (Å²) >= 11 is 0. The van der Waals surface area contributed by atoms with Crippen LogP contribution >= 0.6 is 0 Å². The molecule has 1 heterocycles. The Hall–Kier alpha value is -0.570. The fourth-order valence-corrected chi connectivity index (χ4v) is 3.72. The normalized spacial score (nSPS) is 29.9. The second-order valence-electron chi connectivity index (χ2n) is 7.58. The van der Waals surface area contributed by atoms with Gasteiger partial charge in [0.05, 0.1) is 0 Å². The number of amides is 1. The quantitative estimate of drug-likeness (QED) is 0.800. The fraction of sp³-hybridized carbons (Fsp3) is 0.938. The Bertz CT molecular complexity index is 350. The van der Waals surface area contributed by atoms with Gasteiger partial charge in [0.1, 0.15) is 0 Å². The molecule has 0 radical (unpaired) electrons. The summed E-state index contributed by atoms with van der Waals surface area (Å²) < 4.78 is 0. The van der Waals surface area contributed by atoms with Gasteiger partial charge in [-0.1, -0.05) is 13.8 Å². The second kappa shape index (κ2) is 4.76. The molecule has 1 amide bonds. The van der Waals surface area contributed by atoms with E-state index in [0.717, 1.165) is 25.6 Å². The highest BCUT2D eigenvalue weighted by Gasteiger charge is 2.54.